The van der Waals surface area contributed by atoms with E-state index in [4.69, 9.17) is 15.2 Å². The average molecular weight is 249 g/mol. The first-order valence-corrected chi connectivity index (χ1v) is 6.35. The fourth-order valence-corrected chi connectivity index (χ4v) is 2.03. The molecular formula is C14H19NO3. The molecule has 0 saturated carbocycles. The first-order chi connectivity index (χ1) is 8.74. The number of anilines is 1. The molecule has 0 amide bonds. The molecule has 0 spiro atoms. The average Bonchev–Trinajstić information content (AvgIpc) is 2.85. The van der Waals surface area contributed by atoms with Crippen LogP contribution in [-0.2, 0) is 20.7 Å². The minimum absolute atomic E-state index is 0.197. The van der Waals surface area contributed by atoms with Gasteiger partial charge in [0.25, 0.3) is 0 Å². The molecule has 1 unspecified atom stereocenters. The standard InChI is InChI=1S/C14H19NO3/c15-12-5-3-11(4-6-12)10-14(16)18-9-7-13-2-1-8-17-13/h3-6,13H,1-2,7-10,15H2. The summed E-state index contributed by atoms with van der Waals surface area (Å²) in [5, 5.41) is 0. The Kier molecular flexibility index (Phi) is 4.59. The second-order valence-corrected chi connectivity index (χ2v) is 4.56. The molecule has 98 valence electrons. The van der Waals surface area contributed by atoms with Gasteiger partial charge in [-0.25, -0.2) is 0 Å². The largest absolute Gasteiger partial charge is 0.465 e. The normalized spacial score (nSPS) is 18.8. The Morgan fingerprint density at radius 2 is 2.17 bits per heavy atom. The second-order valence-electron chi connectivity index (χ2n) is 4.56. The van der Waals surface area contributed by atoms with Gasteiger partial charge in [0.05, 0.1) is 19.1 Å². The van der Waals surface area contributed by atoms with Gasteiger partial charge in [0.15, 0.2) is 0 Å². The van der Waals surface area contributed by atoms with E-state index in [1.54, 1.807) is 12.1 Å². The Bertz CT molecular complexity index is 383. The third-order valence-corrected chi connectivity index (χ3v) is 3.06. The van der Waals surface area contributed by atoms with Gasteiger partial charge in [0.1, 0.15) is 0 Å². The molecule has 1 aliphatic heterocycles. The van der Waals surface area contributed by atoms with Crippen LogP contribution in [0.5, 0.6) is 0 Å². The Labute approximate surface area is 107 Å². The van der Waals surface area contributed by atoms with Crippen LogP contribution in [0.4, 0.5) is 5.69 Å². The third kappa shape index (κ3) is 4.04. The zero-order valence-corrected chi connectivity index (χ0v) is 10.4. The Morgan fingerprint density at radius 3 is 2.83 bits per heavy atom. The van der Waals surface area contributed by atoms with Gasteiger partial charge in [0, 0.05) is 18.7 Å². The molecule has 2 N–H and O–H groups in total. The summed E-state index contributed by atoms with van der Waals surface area (Å²) in [5.41, 5.74) is 7.20. The number of ether oxygens (including phenoxy) is 2. The number of rotatable bonds is 5. The van der Waals surface area contributed by atoms with Gasteiger partial charge in [-0.3, -0.25) is 4.79 Å². The van der Waals surface area contributed by atoms with Crippen LogP contribution in [0, 0.1) is 0 Å². The van der Waals surface area contributed by atoms with Crippen molar-refractivity contribution in [2.45, 2.75) is 31.8 Å². The number of hydrogen-bond donors (Lipinski definition) is 1. The van der Waals surface area contributed by atoms with Gasteiger partial charge in [-0.05, 0) is 30.5 Å². The van der Waals surface area contributed by atoms with Crippen LogP contribution < -0.4 is 5.73 Å². The third-order valence-electron chi connectivity index (χ3n) is 3.06. The quantitative estimate of drug-likeness (QED) is 0.639. The van der Waals surface area contributed by atoms with Crippen molar-refractivity contribution in [1.82, 2.24) is 0 Å². The lowest BCUT2D eigenvalue weighted by Crippen LogP contribution is -2.14. The van der Waals surface area contributed by atoms with Crippen LogP contribution in [0.2, 0.25) is 0 Å². The highest BCUT2D eigenvalue weighted by atomic mass is 16.5. The van der Waals surface area contributed by atoms with Crippen LogP contribution in [0.25, 0.3) is 0 Å². The molecule has 1 aliphatic rings. The number of nitrogens with two attached hydrogens (primary N) is 1. The maximum atomic E-state index is 11.6. The summed E-state index contributed by atoms with van der Waals surface area (Å²) >= 11 is 0. The van der Waals surface area contributed by atoms with Crippen molar-refractivity contribution in [3.8, 4) is 0 Å². The number of esters is 1. The van der Waals surface area contributed by atoms with Crippen molar-refractivity contribution in [1.29, 1.82) is 0 Å². The number of benzene rings is 1. The van der Waals surface area contributed by atoms with Crippen molar-refractivity contribution in [2.75, 3.05) is 18.9 Å². The molecule has 1 fully saturated rings. The van der Waals surface area contributed by atoms with E-state index in [0.717, 1.165) is 31.4 Å². The predicted molar refractivity (Wildman–Crippen MR) is 69.1 cm³/mol. The fraction of sp³-hybridized carbons (Fsp3) is 0.500. The summed E-state index contributed by atoms with van der Waals surface area (Å²) in [4.78, 5) is 11.6. The van der Waals surface area contributed by atoms with Crippen LogP contribution in [0.1, 0.15) is 24.8 Å². The van der Waals surface area contributed by atoms with Gasteiger partial charge in [-0.15, -0.1) is 0 Å². The monoisotopic (exact) mass is 249 g/mol. The highest BCUT2D eigenvalue weighted by Crippen LogP contribution is 2.15. The summed E-state index contributed by atoms with van der Waals surface area (Å²) in [6.45, 7) is 1.28. The number of carbonyl (C=O) groups is 1. The van der Waals surface area contributed by atoms with Crippen LogP contribution in [0.3, 0.4) is 0 Å². The smallest absolute Gasteiger partial charge is 0.310 e. The minimum Gasteiger partial charge on any atom is -0.465 e. The first-order valence-electron chi connectivity index (χ1n) is 6.35. The van der Waals surface area contributed by atoms with Crippen LogP contribution in [-0.4, -0.2) is 25.3 Å². The lowest BCUT2D eigenvalue weighted by molar-refractivity contribution is -0.143. The SMILES string of the molecule is Nc1ccc(CC(=O)OCCC2CCCO2)cc1. The second kappa shape index (κ2) is 6.40. The molecule has 4 nitrogen and oxygen atoms in total. The van der Waals surface area contributed by atoms with Crippen molar-refractivity contribution in [2.24, 2.45) is 0 Å². The fourth-order valence-electron chi connectivity index (χ4n) is 2.03. The Hall–Kier alpha value is -1.55. The highest BCUT2D eigenvalue weighted by molar-refractivity contribution is 5.72. The Balaban J connectivity index is 1.66. The van der Waals surface area contributed by atoms with Crippen LogP contribution in [0.15, 0.2) is 24.3 Å². The van der Waals surface area contributed by atoms with Gasteiger partial charge in [0.2, 0.25) is 0 Å². The lowest BCUT2D eigenvalue weighted by Gasteiger charge is -2.09. The van der Waals surface area contributed by atoms with Crippen molar-refractivity contribution in [3.05, 3.63) is 29.8 Å². The van der Waals surface area contributed by atoms with Crippen molar-refractivity contribution >= 4 is 11.7 Å². The molecule has 1 saturated heterocycles. The molecule has 1 aromatic rings. The summed E-state index contributed by atoms with van der Waals surface area (Å²) < 4.78 is 10.6. The molecule has 1 aromatic carbocycles. The predicted octanol–water partition coefficient (Wildman–Crippen LogP) is 1.92. The minimum atomic E-state index is -0.197. The van der Waals surface area contributed by atoms with Gasteiger partial charge in [-0.1, -0.05) is 12.1 Å². The topological polar surface area (TPSA) is 61.6 Å². The van der Waals surface area contributed by atoms with Crippen molar-refractivity contribution in [3.63, 3.8) is 0 Å². The molecule has 2 rings (SSSR count). The molecule has 0 radical (unpaired) electrons. The Morgan fingerprint density at radius 1 is 1.39 bits per heavy atom. The highest BCUT2D eigenvalue weighted by Gasteiger charge is 2.15. The lowest BCUT2D eigenvalue weighted by atomic mass is 10.1. The molecule has 1 heterocycles. The molecular weight excluding hydrogens is 230 g/mol. The molecule has 0 aliphatic carbocycles. The van der Waals surface area contributed by atoms with Gasteiger partial charge < -0.3 is 15.2 Å². The van der Waals surface area contributed by atoms with E-state index in [1.807, 2.05) is 12.1 Å². The van der Waals surface area contributed by atoms with E-state index in [-0.39, 0.29) is 12.1 Å². The number of hydrogen-bond acceptors (Lipinski definition) is 4. The maximum absolute atomic E-state index is 11.6. The molecule has 0 bridgehead atoms. The van der Waals surface area contributed by atoms with E-state index < -0.39 is 0 Å². The molecule has 0 aromatic heterocycles. The van der Waals surface area contributed by atoms with E-state index in [0.29, 0.717) is 18.7 Å². The molecule has 18 heavy (non-hydrogen) atoms. The van der Waals surface area contributed by atoms with E-state index in [9.17, 15) is 4.79 Å². The summed E-state index contributed by atoms with van der Waals surface area (Å²) in [7, 11) is 0. The van der Waals surface area contributed by atoms with Gasteiger partial charge >= 0.3 is 5.97 Å². The maximum Gasteiger partial charge on any atom is 0.310 e. The number of carbonyl (C=O) groups excluding carboxylic acids is 1. The summed E-state index contributed by atoms with van der Waals surface area (Å²) in [6, 6.07) is 7.26. The van der Waals surface area contributed by atoms with Gasteiger partial charge in [-0.2, -0.15) is 0 Å². The first kappa shape index (κ1) is 12.9. The molecule has 1 atom stereocenters. The summed E-state index contributed by atoms with van der Waals surface area (Å²) in [5.74, 6) is -0.197. The van der Waals surface area contributed by atoms with E-state index in [2.05, 4.69) is 0 Å². The number of nitrogen functional groups attached to an aromatic ring is 1. The zero-order chi connectivity index (χ0) is 12.8. The molecule has 4 heteroatoms. The van der Waals surface area contributed by atoms with E-state index >= 15 is 0 Å². The van der Waals surface area contributed by atoms with Crippen LogP contribution >= 0.6 is 0 Å². The van der Waals surface area contributed by atoms with E-state index in [1.165, 1.54) is 0 Å². The summed E-state index contributed by atoms with van der Waals surface area (Å²) in [6.07, 6.45) is 3.56. The zero-order valence-electron chi connectivity index (χ0n) is 10.4. The van der Waals surface area contributed by atoms with Crippen molar-refractivity contribution < 1.29 is 14.3 Å².